The Hall–Kier alpha value is -4.08. The molecule has 0 N–H and O–H groups in total. The first kappa shape index (κ1) is 33.8. The van der Waals surface area contributed by atoms with Gasteiger partial charge >= 0.3 is 11.9 Å². The third kappa shape index (κ3) is 10.2. The van der Waals surface area contributed by atoms with E-state index in [1.165, 1.54) is 69.6 Å². The molecule has 0 atom stereocenters. The second-order valence-electron chi connectivity index (χ2n) is 12.5. The first-order valence-corrected chi connectivity index (χ1v) is 16.3. The number of hydrogen-bond donors (Lipinski definition) is 0. The number of unbranched alkanes of at least 4 members (excludes halogenated alkanes) is 2. The fourth-order valence-electron chi connectivity index (χ4n) is 6.83. The zero-order valence-electron chi connectivity index (χ0n) is 26.1. The Bertz CT molecular complexity index is 1340. The van der Waals surface area contributed by atoms with Crippen LogP contribution in [-0.4, -0.2) is 28.4 Å². The maximum atomic E-state index is 12.9. The van der Waals surface area contributed by atoms with E-state index in [0.717, 1.165) is 49.5 Å². The molecular formula is C35H44N2O8. The van der Waals surface area contributed by atoms with Crippen LogP contribution in [0.5, 0.6) is 5.75 Å². The van der Waals surface area contributed by atoms with Crippen LogP contribution < -0.4 is 4.74 Å². The largest absolute Gasteiger partial charge is 0.462 e. The molecule has 0 radical (unpaired) electrons. The van der Waals surface area contributed by atoms with Gasteiger partial charge in [-0.05, 0) is 86.1 Å². The van der Waals surface area contributed by atoms with E-state index in [-0.39, 0.29) is 36.2 Å². The highest BCUT2D eigenvalue weighted by Crippen LogP contribution is 2.42. The minimum absolute atomic E-state index is 0.0375. The average molecular weight is 621 g/mol. The van der Waals surface area contributed by atoms with Crippen molar-refractivity contribution in [1.29, 1.82) is 0 Å². The van der Waals surface area contributed by atoms with Gasteiger partial charge in [0, 0.05) is 24.1 Å². The van der Waals surface area contributed by atoms with Crippen molar-refractivity contribution in [1.82, 2.24) is 0 Å². The van der Waals surface area contributed by atoms with Crippen molar-refractivity contribution >= 4 is 29.4 Å². The van der Waals surface area contributed by atoms with Crippen molar-refractivity contribution in [2.24, 2.45) is 23.7 Å². The summed E-state index contributed by atoms with van der Waals surface area (Å²) in [7, 11) is 0. The van der Waals surface area contributed by atoms with Gasteiger partial charge in [0.1, 0.15) is 5.75 Å². The molecule has 0 aromatic heterocycles. The van der Waals surface area contributed by atoms with E-state index in [2.05, 4.69) is 6.92 Å². The Morgan fingerprint density at radius 2 is 1.53 bits per heavy atom. The zero-order valence-corrected chi connectivity index (χ0v) is 26.1. The van der Waals surface area contributed by atoms with Gasteiger partial charge in [-0.3, -0.25) is 25.0 Å². The normalized spacial score (nSPS) is 21.7. The maximum absolute atomic E-state index is 12.9. The van der Waals surface area contributed by atoms with Gasteiger partial charge in [-0.2, -0.15) is 0 Å². The van der Waals surface area contributed by atoms with E-state index < -0.39 is 21.5 Å². The molecule has 2 aromatic carbocycles. The number of nitrogens with zero attached hydrogens (tertiary/aromatic N) is 2. The Morgan fingerprint density at radius 3 is 2.16 bits per heavy atom. The molecule has 0 unspecified atom stereocenters. The second-order valence-corrected chi connectivity index (χ2v) is 12.5. The number of nitro benzene ring substituents is 2. The molecule has 2 saturated carbocycles. The van der Waals surface area contributed by atoms with E-state index >= 15 is 0 Å². The van der Waals surface area contributed by atoms with Crippen molar-refractivity contribution in [3.05, 3.63) is 79.9 Å². The number of non-ortho nitro benzene ring substituents is 1. The number of carbonyl (C=O) groups excluding carboxylic acids is 2. The monoisotopic (exact) mass is 620 g/mol. The molecular weight excluding hydrogens is 576 g/mol. The minimum atomic E-state index is -0.704. The number of ether oxygens (including phenoxy) is 2. The van der Waals surface area contributed by atoms with E-state index in [4.69, 9.17) is 9.47 Å². The molecule has 242 valence electrons. The molecule has 2 aliphatic carbocycles. The third-order valence-corrected chi connectivity index (χ3v) is 9.48. The molecule has 2 fully saturated rings. The number of carbonyl (C=O) groups is 2. The summed E-state index contributed by atoms with van der Waals surface area (Å²) in [5.74, 6) is 2.08. The lowest BCUT2D eigenvalue weighted by Gasteiger charge is -2.37. The Balaban J connectivity index is 1.16. The standard InChI is InChI=1S/C35H44N2O8/c1-2-3-4-5-25-6-11-27(12-7-25)28-13-15-30(16-14-28)35(39)45-32-19-8-26(9-20-32)10-21-34(38)44-23-22-29-17-18-31(36(40)41)24-33(29)37(42)43/h8-10,17-21,24-25,27-28,30H,2-7,11-16,22-23H2,1H3/b21-10+. The van der Waals surface area contributed by atoms with E-state index in [0.29, 0.717) is 11.3 Å². The fraction of sp³-hybridized carbons (Fsp3) is 0.543. The highest BCUT2D eigenvalue weighted by molar-refractivity contribution is 5.87. The SMILES string of the molecule is CCCCCC1CCC(C2CCC(C(=O)Oc3ccc(/C=C/C(=O)OCCc4ccc([N+](=O)[O-])cc4[N+](=O)[O-])cc3)CC2)CC1. The molecule has 10 heteroatoms. The van der Waals surface area contributed by atoms with Crippen molar-refractivity contribution in [2.45, 2.75) is 90.4 Å². The summed E-state index contributed by atoms with van der Waals surface area (Å²) in [4.78, 5) is 45.7. The lowest BCUT2D eigenvalue weighted by Crippen LogP contribution is -2.30. The molecule has 0 bridgehead atoms. The molecule has 0 amide bonds. The minimum Gasteiger partial charge on any atom is -0.462 e. The summed E-state index contributed by atoms with van der Waals surface area (Å²) < 4.78 is 10.8. The number of hydrogen-bond acceptors (Lipinski definition) is 8. The molecule has 2 aromatic rings. The van der Waals surface area contributed by atoms with Crippen molar-refractivity contribution in [3.63, 3.8) is 0 Å². The smallest absolute Gasteiger partial charge is 0.330 e. The molecule has 0 saturated heterocycles. The molecule has 10 nitrogen and oxygen atoms in total. The van der Waals surface area contributed by atoms with Crippen LogP contribution in [0, 0.1) is 43.9 Å². The van der Waals surface area contributed by atoms with Crippen LogP contribution in [0.1, 0.15) is 95.1 Å². The van der Waals surface area contributed by atoms with Gasteiger partial charge in [-0.25, -0.2) is 4.79 Å². The van der Waals surface area contributed by atoms with Gasteiger partial charge < -0.3 is 9.47 Å². The summed E-state index contributed by atoms with van der Waals surface area (Å²) in [5.41, 5.74) is 0.165. The highest BCUT2D eigenvalue weighted by atomic mass is 16.6. The fourth-order valence-corrected chi connectivity index (χ4v) is 6.83. The molecule has 45 heavy (non-hydrogen) atoms. The molecule has 2 aliphatic rings. The quantitative estimate of drug-likeness (QED) is 0.0512. The van der Waals surface area contributed by atoms with Crippen molar-refractivity contribution in [2.75, 3.05) is 6.61 Å². The molecule has 4 rings (SSSR count). The van der Waals surface area contributed by atoms with Gasteiger partial charge in [0.2, 0.25) is 0 Å². The highest BCUT2D eigenvalue weighted by Gasteiger charge is 2.33. The number of esters is 2. The molecule has 0 aliphatic heterocycles. The Kier molecular flexibility index (Phi) is 12.7. The average Bonchev–Trinajstić information content (AvgIpc) is 3.05. The van der Waals surface area contributed by atoms with E-state index in [1.807, 2.05) is 0 Å². The van der Waals surface area contributed by atoms with Gasteiger partial charge in [0.15, 0.2) is 0 Å². The third-order valence-electron chi connectivity index (χ3n) is 9.48. The maximum Gasteiger partial charge on any atom is 0.330 e. The first-order valence-electron chi connectivity index (χ1n) is 16.3. The topological polar surface area (TPSA) is 139 Å². The van der Waals surface area contributed by atoms with Crippen LogP contribution >= 0.6 is 0 Å². The lowest BCUT2D eigenvalue weighted by atomic mass is 9.68. The van der Waals surface area contributed by atoms with Crippen molar-refractivity contribution < 1.29 is 28.9 Å². The molecule has 0 heterocycles. The van der Waals surface area contributed by atoms with Crippen LogP contribution in [0.3, 0.4) is 0 Å². The summed E-state index contributed by atoms with van der Waals surface area (Å²) in [6.45, 7) is 2.14. The van der Waals surface area contributed by atoms with Crippen molar-refractivity contribution in [3.8, 4) is 5.75 Å². The van der Waals surface area contributed by atoms with Crippen LogP contribution in [0.4, 0.5) is 11.4 Å². The number of benzene rings is 2. The summed E-state index contributed by atoms with van der Waals surface area (Å²) in [5, 5.41) is 22.1. The second kappa shape index (κ2) is 16.8. The van der Waals surface area contributed by atoms with Crippen LogP contribution in [0.15, 0.2) is 48.5 Å². The zero-order chi connectivity index (χ0) is 32.2. The lowest BCUT2D eigenvalue weighted by molar-refractivity contribution is -0.394. The Labute approximate surface area is 264 Å². The molecule has 0 spiro atoms. The summed E-state index contributed by atoms with van der Waals surface area (Å²) >= 11 is 0. The van der Waals surface area contributed by atoms with Crippen LogP contribution in [-0.2, 0) is 20.7 Å². The Morgan fingerprint density at radius 1 is 0.867 bits per heavy atom. The van der Waals surface area contributed by atoms with E-state index in [1.54, 1.807) is 30.3 Å². The number of rotatable bonds is 14. The van der Waals surface area contributed by atoms with Gasteiger partial charge in [0.25, 0.3) is 11.4 Å². The van der Waals surface area contributed by atoms with Crippen LogP contribution in [0.25, 0.3) is 6.08 Å². The van der Waals surface area contributed by atoms with Gasteiger partial charge in [0.05, 0.1) is 28.4 Å². The number of nitro groups is 2. The first-order chi connectivity index (χ1) is 21.7. The predicted molar refractivity (Wildman–Crippen MR) is 171 cm³/mol. The van der Waals surface area contributed by atoms with Crippen LogP contribution in [0.2, 0.25) is 0 Å². The summed E-state index contributed by atoms with van der Waals surface area (Å²) in [6, 6.07) is 10.2. The van der Waals surface area contributed by atoms with Gasteiger partial charge in [-0.15, -0.1) is 0 Å². The van der Waals surface area contributed by atoms with Gasteiger partial charge in [-0.1, -0.05) is 57.6 Å². The predicted octanol–water partition coefficient (Wildman–Crippen LogP) is 8.40. The summed E-state index contributed by atoms with van der Waals surface area (Å²) in [6.07, 6.45) is 17.7. The van der Waals surface area contributed by atoms with E-state index in [9.17, 15) is 29.8 Å².